The van der Waals surface area contributed by atoms with E-state index in [1.165, 1.54) is 18.4 Å². The van der Waals surface area contributed by atoms with Gasteiger partial charge in [-0.15, -0.1) is 0 Å². The van der Waals surface area contributed by atoms with Gasteiger partial charge in [0.1, 0.15) is 0 Å². The van der Waals surface area contributed by atoms with Gasteiger partial charge in [0.2, 0.25) is 0 Å². The fraction of sp³-hybridized carbons (Fsp3) is 0.500. The summed E-state index contributed by atoms with van der Waals surface area (Å²) in [5, 5.41) is 3.37. The molecule has 1 aromatic rings. The number of nitrogens with zero attached hydrogens (tertiary/aromatic N) is 1. The number of piperidine rings is 1. The van der Waals surface area contributed by atoms with Gasteiger partial charge in [-0.2, -0.15) is 0 Å². The van der Waals surface area contributed by atoms with Crippen LogP contribution in [0, 0.1) is 0 Å². The van der Waals surface area contributed by atoms with Gasteiger partial charge >= 0.3 is 0 Å². The molecule has 2 rings (SSSR count). The molecule has 2 nitrogen and oxygen atoms in total. The van der Waals surface area contributed by atoms with E-state index < -0.39 is 0 Å². The minimum absolute atomic E-state index is 0.707. The largest absolute Gasteiger partial charge is 0.317 e. The van der Waals surface area contributed by atoms with Gasteiger partial charge in [0.15, 0.2) is 0 Å². The predicted octanol–water partition coefficient (Wildman–Crippen LogP) is 2.31. The van der Waals surface area contributed by atoms with Crippen molar-refractivity contribution < 1.29 is 0 Å². The smallest absolute Gasteiger partial charge is 0.0413 e. The lowest BCUT2D eigenvalue weighted by Crippen LogP contribution is -2.26. The first-order chi connectivity index (χ1) is 6.38. The van der Waals surface area contributed by atoms with Crippen LogP contribution in [0.1, 0.15) is 24.3 Å². The lowest BCUT2D eigenvalue weighted by atomic mass is 9.91. The van der Waals surface area contributed by atoms with Gasteiger partial charge in [0.25, 0.3) is 0 Å². The molecule has 0 aromatic carbocycles. The van der Waals surface area contributed by atoms with Crippen LogP contribution in [0.3, 0.4) is 0 Å². The highest BCUT2D eigenvalue weighted by molar-refractivity contribution is 9.10. The minimum atomic E-state index is 0.707. The first-order valence-corrected chi connectivity index (χ1v) is 5.47. The number of rotatable bonds is 1. The van der Waals surface area contributed by atoms with Gasteiger partial charge in [-0.05, 0) is 59.4 Å². The Hall–Kier alpha value is -0.410. The first kappa shape index (κ1) is 9.16. The highest BCUT2D eigenvalue weighted by atomic mass is 79.9. The molecule has 0 spiro atoms. The fourth-order valence-electron chi connectivity index (χ4n) is 1.85. The molecule has 70 valence electrons. The molecule has 0 aliphatic carbocycles. The van der Waals surface area contributed by atoms with Crippen molar-refractivity contribution in [3.63, 3.8) is 0 Å². The van der Waals surface area contributed by atoms with Crippen LogP contribution >= 0.6 is 15.9 Å². The minimum Gasteiger partial charge on any atom is -0.317 e. The molecule has 0 bridgehead atoms. The highest BCUT2D eigenvalue weighted by Crippen LogP contribution is 2.30. The molecule has 0 amide bonds. The Morgan fingerprint density at radius 1 is 1.38 bits per heavy atom. The van der Waals surface area contributed by atoms with Gasteiger partial charge < -0.3 is 5.32 Å². The molecule has 1 aromatic heterocycles. The summed E-state index contributed by atoms with van der Waals surface area (Å²) in [4.78, 5) is 4.08. The average molecular weight is 241 g/mol. The van der Waals surface area contributed by atoms with Crippen molar-refractivity contribution >= 4 is 15.9 Å². The summed E-state index contributed by atoms with van der Waals surface area (Å²) in [6, 6.07) is 2.13. The van der Waals surface area contributed by atoms with E-state index in [0.29, 0.717) is 5.92 Å². The van der Waals surface area contributed by atoms with Gasteiger partial charge in [-0.25, -0.2) is 0 Å². The molecule has 1 aliphatic heterocycles. The second kappa shape index (κ2) is 4.20. The van der Waals surface area contributed by atoms with Crippen LogP contribution in [0.25, 0.3) is 0 Å². The zero-order chi connectivity index (χ0) is 9.10. The van der Waals surface area contributed by atoms with E-state index in [0.717, 1.165) is 17.6 Å². The quantitative estimate of drug-likeness (QED) is 0.816. The number of hydrogen-bond acceptors (Lipinski definition) is 2. The summed E-state index contributed by atoms with van der Waals surface area (Å²) in [6.45, 7) is 2.28. The summed E-state index contributed by atoms with van der Waals surface area (Å²) >= 11 is 3.55. The number of aromatic nitrogens is 1. The first-order valence-electron chi connectivity index (χ1n) is 4.68. The zero-order valence-corrected chi connectivity index (χ0v) is 9.05. The average Bonchev–Trinajstić information content (AvgIpc) is 2.20. The van der Waals surface area contributed by atoms with E-state index in [9.17, 15) is 0 Å². The van der Waals surface area contributed by atoms with Crippen LogP contribution in [0.5, 0.6) is 0 Å². The second-order valence-electron chi connectivity index (χ2n) is 3.42. The van der Waals surface area contributed by atoms with E-state index in [4.69, 9.17) is 0 Å². The Labute approximate surface area is 86.9 Å². The van der Waals surface area contributed by atoms with E-state index in [2.05, 4.69) is 32.3 Å². The van der Waals surface area contributed by atoms with Crippen LogP contribution in [0.4, 0.5) is 0 Å². The van der Waals surface area contributed by atoms with Gasteiger partial charge in [0.05, 0.1) is 0 Å². The predicted molar refractivity (Wildman–Crippen MR) is 56.8 cm³/mol. The van der Waals surface area contributed by atoms with Crippen LogP contribution in [0.15, 0.2) is 22.9 Å². The molecule has 1 saturated heterocycles. The topological polar surface area (TPSA) is 24.9 Å². The number of hydrogen-bond donors (Lipinski definition) is 1. The maximum Gasteiger partial charge on any atom is 0.0413 e. The van der Waals surface area contributed by atoms with E-state index in [1.807, 2.05) is 12.4 Å². The van der Waals surface area contributed by atoms with Gasteiger partial charge in [-0.3, -0.25) is 4.98 Å². The van der Waals surface area contributed by atoms with Crippen LogP contribution in [-0.2, 0) is 0 Å². The standard InChI is InChI=1S/C10H13BrN2/c11-10-7-13-6-3-9(10)8-1-4-12-5-2-8/h3,6-8,12H,1-2,4-5H2. The SMILES string of the molecule is Brc1cnccc1C1CCNCC1. The Morgan fingerprint density at radius 2 is 2.15 bits per heavy atom. The van der Waals surface area contributed by atoms with E-state index >= 15 is 0 Å². The molecule has 0 atom stereocenters. The lowest BCUT2D eigenvalue weighted by molar-refractivity contribution is 0.459. The Bertz CT molecular complexity index is 282. The van der Waals surface area contributed by atoms with Crippen molar-refractivity contribution in [1.29, 1.82) is 0 Å². The molecule has 3 heteroatoms. The number of pyridine rings is 1. The third-order valence-electron chi connectivity index (χ3n) is 2.58. The Morgan fingerprint density at radius 3 is 2.85 bits per heavy atom. The van der Waals surface area contributed by atoms with Crippen molar-refractivity contribution in [1.82, 2.24) is 10.3 Å². The molecular formula is C10H13BrN2. The summed E-state index contributed by atoms with van der Waals surface area (Å²) in [5.41, 5.74) is 1.41. The molecule has 1 aliphatic rings. The molecular weight excluding hydrogens is 228 g/mol. The molecule has 1 fully saturated rings. The molecule has 2 heterocycles. The van der Waals surface area contributed by atoms with E-state index in [1.54, 1.807) is 0 Å². The lowest BCUT2D eigenvalue weighted by Gasteiger charge is -2.23. The number of nitrogens with one attached hydrogen (secondary N) is 1. The third-order valence-corrected chi connectivity index (χ3v) is 3.25. The van der Waals surface area contributed by atoms with Crippen molar-refractivity contribution in [2.75, 3.05) is 13.1 Å². The molecule has 1 N–H and O–H groups in total. The summed E-state index contributed by atoms with van der Waals surface area (Å²) in [7, 11) is 0. The van der Waals surface area contributed by atoms with Crippen molar-refractivity contribution in [3.05, 3.63) is 28.5 Å². The molecule has 0 radical (unpaired) electrons. The van der Waals surface area contributed by atoms with Crippen LogP contribution in [-0.4, -0.2) is 18.1 Å². The third kappa shape index (κ3) is 2.09. The van der Waals surface area contributed by atoms with Crippen molar-refractivity contribution in [2.24, 2.45) is 0 Å². The monoisotopic (exact) mass is 240 g/mol. The molecule has 0 saturated carbocycles. The fourth-order valence-corrected chi connectivity index (χ4v) is 2.42. The second-order valence-corrected chi connectivity index (χ2v) is 4.28. The summed E-state index contributed by atoms with van der Waals surface area (Å²) in [6.07, 6.45) is 6.24. The van der Waals surface area contributed by atoms with Crippen LogP contribution in [0.2, 0.25) is 0 Å². The van der Waals surface area contributed by atoms with Crippen molar-refractivity contribution in [2.45, 2.75) is 18.8 Å². The van der Waals surface area contributed by atoms with Gasteiger partial charge in [-0.1, -0.05) is 0 Å². The zero-order valence-electron chi connectivity index (χ0n) is 7.46. The normalized spacial score (nSPS) is 18.8. The van der Waals surface area contributed by atoms with Crippen molar-refractivity contribution in [3.8, 4) is 0 Å². The summed E-state index contributed by atoms with van der Waals surface area (Å²) in [5.74, 6) is 0.707. The van der Waals surface area contributed by atoms with Gasteiger partial charge in [0, 0.05) is 16.9 Å². The maximum atomic E-state index is 4.08. The number of halogens is 1. The molecule has 13 heavy (non-hydrogen) atoms. The Balaban J connectivity index is 2.18. The van der Waals surface area contributed by atoms with E-state index in [-0.39, 0.29) is 0 Å². The summed E-state index contributed by atoms with van der Waals surface area (Å²) < 4.78 is 1.15. The van der Waals surface area contributed by atoms with Crippen LogP contribution < -0.4 is 5.32 Å². The maximum absolute atomic E-state index is 4.08. The molecule has 0 unspecified atom stereocenters. The Kier molecular flexibility index (Phi) is 2.96. The highest BCUT2D eigenvalue weighted by Gasteiger charge is 2.16.